The second-order valence-corrected chi connectivity index (χ2v) is 26.5. The Morgan fingerprint density at radius 3 is 1.23 bits per heavy atom. The number of benzene rings is 4. The van der Waals surface area contributed by atoms with Gasteiger partial charge < -0.3 is 39.9 Å². The first kappa shape index (κ1) is 78.7. The second-order valence-electron chi connectivity index (χ2n) is 19.1. The number of nitro groups is 2. The molecule has 10 N–H and O–H groups in total. The number of nitrogens with one attached hydrogen (secondary N) is 4. The molecule has 9 heterocycles. The van der Waals surface area contributed by atoms with Crippen LogP contribution >= 0.6 is 95.6 Å². The SMILES string of the molecule is CC(=O)[S-].CCC(=O)Nc1nnc(-c2ccccc2)s1.N#Cc1cc([N+](=O)[O-])cnc1Cl.Nc1c(C(=O)Nc2nnc(-c3ccccc3)s2)sc2ncc([N+](=O)[O-])cc12.Nc1cnc2sc(C(=O)Nc3nnc(-c4ccccc4)s3)c(N)c2c1.O=C(CBr)Nc1nnc(-c2ccccc2)s1.[K+]. The Kier molecular flexibility index (Phi) is 30.2. The molecule has 0 saturated heterocycles. The topological polar surface area (TPSA) is 463 Å². The molecular formula is C61H46BrClKN21O9S7. The minimum absolute atomic E-state index is 0. The van der Waals surface area contributed by atoms with Crippen molar-refractivity contribution >= 4 is 206 Å². The van der Waals surface area contributed by atoms with Crippen molar-refractivity contribution in [2.24, 2.45) is 0 Å². The smallest absolute Gasteiger partial charge is 0.742 e. The van der Waals surface area contributed by atoms with Gasteiger partial charge in [0.1, 0.15) is 63.1 Å². The van der Waals surface area contributed by atoms with E-state index >= 15 is 0 Å². The number of fused-ring (bicyclic) bond motifs is 2. The third kappa shape index (κ3) is 22.9. The van der Waals surface area contributed by atoms with Crippen LogP contribution in [0.2, 0.25) is 5.15 Å². The van der Waals surface area contributed by atoms with Crippen LogP contribution in [0.25, 0.3) is 62.7 Å². The normalized spacial score (nSPS) is 10.1. The van der Waals surface area contributed by atoms with Gasteiger partial charge in [-0.05, 0) is 13.0 Å². The van der Waals surface area contributed by atoms with E-state index in [4.69, 9.17) is 34.1 Å². The number of hydrogen-bond donors (Lipinski definition) is 7. The molecule has 0 unspecified atom stereocenters. The van der Waals surface area contributed by atoms with Crippen molar-refractivity contribution in [1.82, 2.24) is 55.7 Å². The number of carbonyl (C=O) groups is 5. The van der Waals surface area contributed by atoms with Gasteiger partial charge in [-0.25, -0.2) is 15.0 Å². The monoisotopic (exact) mass is 1590 g/mol. The minimum Gasteiger partial charge on any atom is -0.742 e. The van der Waals surface area contributed by atoms with Gasteiger partial charge in [-0.1, -0.05) is 201 Å². The molecule has 13 rings (SSSR count). The molecule has 506 valence electrons. The standard InChI is InChI=1S/C16H10N6O3S2.C16H12N6OS2.C11H11N3OS.C10H8BrN3OS.C6H2ClN3O2.C2H4OS.K/c17-11-10-6-9(22(24)25)7-18-15(10)26-12(11)13(23)19-16-21-20-14(27-16)8-4-2-1-3-5-8;17-9-6-10-11(18)12(24-15(10)19-7-9)13(23)20-16-22-21-14(25-16)8-4-2-1-3-5-8;1-2-9(15)12-11-14-13-10(16-11)8-6-4-3-5-7-8;11-6-8(15)12-10-14-13-9(16-10)7-4-2-1-3-5-7;7-6-4(2-8)1-5(3-9-6)10(11)12;1-2(3)4;/h1-7H,17H2,(H,19,21,23);1-7H,17-18H2,(H,20,22,23);3-7H,2H2,1H3,(H,12,14,15);1-5H,6H2,(H,12,14,15);1,3H;1H3,(H,3,4);/q;;;;;;+1/p-1. The van der Waals surface area contributed by atoms with Gasteiger partial charge in [0.2, 0.25) is 32.3 Å². The van der Waals surface area contributed by atoms with E-state index in [0.29, 0.717) is 68.6 Å². The van der Waals surface area contributed by atoms with E-state index in [-0.39, 0.29) is 112 Å². The number of nitrogens with two attached hydrogens (primary N) is 3. The largest absolute Gasteiger partial charge is 1.00 e. The van der Waals surface area contributed by atoms with E-state index < -0.39 is 15.8 Å². The zero-order valence-corrected chi connectivity index (χ0v) is 63.4. The number of alkyl halides is 1. The van der Waals surface area contributed by atoms with Crippen LogP contribution in [0.15, 0.2) is 158 Å². The van der Waals surface area contributed by atoms with Crippen LogP contribution in [0.4, 0.5) is 49.0 Å². The van der Waals surface area contributed by atoms with Crippen molar-refractivity contribution < 1.29 is 85.2 Å². The van der Waals surface area contributed by atoms with Crippen LogP contribution in [0.1, 0.15) is 45.2 Å². The number of rotatable bonds is 14. The fraction of sp³-hybridized carbons (Fsp3) is 0.0656. The Morgan fingerprint density at radius 2 is 0.871 bits per heavy atom. The minimum atomic E-state index is -0.635. The summed E-state index contributed by atoms with van der Waals surface area (Å²) in [5, 5.41) is 78.1. The van der Waals surface area contributed by atoms with Crippen molar-refractivity contribution in [2.75, 3.05) is 43.8 Å². The van der Waals surface area contributed by atoms with E-state index in [1.165, 1.54) is 75.9 Å². The molecule has 0 spiro atoms. The predicted octanol–water partition coefficient (Wildman–Crippen LogP) is 10.5. The maximum absolute atomic E-state index is 12.6. The number of hydrogen-bond acceptors (Lipinski definition) is 31. The Bertz CT molecular complexity index is 4990. The van der Waals surface area contributed by atoms with E-state index in [1.807, 2.05) is 121 Å². The molecule has 101 heavy (non-hydrogen) atoms. The maximum Gasteiger partial charge on any atom is 1.00 e. The second kappa shape index (κ2) is 38.8. The Morgan fingerprint density at radius 1 is 0.535 bits per heavy atom. The van der Waals surface area contributed by atoms with Gasteiger partial charge >= 0.3 is 51.4 Å². The Hall–Kier alpha value is -9.64. The quantitative estimate of drug-likeness (QED) is 0.0133. The van der Waals surface area contributed by atoms with Crippen molar-refractivity contribution in [3.05, 3.63) is 199 Å². The van der Waals surface area contributed by atoms with Crippen molar-refractivity contribution in [3.63, 3.8) is 0 Å². The molecule has 0 fully saturated rings. The number of thiophene rings is 2. The van der Waals surface area contributed by atoms with Gasteiger partial charge in [0, 0.05) is 56.7 Å². The summed E-state index contributed by atoms with van der Waals surface area (Å²) in [5.41, 5.74) is 22.3. The summed E-state index contributed by atoms with van der Waals surface area (Å²) in [7, 11) is 0. The fourth-order valence-electron chi connectivity index (χ4n) is 7.61. The molecule has 0 atom stereocenters. The van der Waals surface area contributed by atoms with E-state index in [0.717, 1.165) is 67.1 Å². The number of aromatic nitrogens is 11. The summed E-state index contributed by atoms with van der Waals surface area (Å²) in [6, 6.07) is 44.4. The van der Waals surface area contributed by atoms with Gasteiger partial charge in [-0.2, -0.15) is 5.26 Å². The molecule has 4 amide bonds. The van der Waals surface area contributed by atoms with Crippen molar-refractivity contribution in [1.29, 1.82) is 5.26 Å². The van der Waals surface area contributed by atoms with Gasteiger partial charge in [0.05, 0.1) is 44.0 Å². The molecule has 0 saturated carbocycles. The molecule has 0 aliphatic heterocycles. The summed E-state index contributed by atoms with van der Waals surface area (Å²) < 4.78 is 0. The molecule has 13 aromatic rings. The van der Waals surface area contributed by atoms with Gasteiger partial charge in [-0.3, -0.25) is 55.4 Å². The number of anilines is 7. The number of amides is 4. The first-order valence-corrected chi connectivity index (χ1v) is 34.9. The summed E-state index contributed by atoms with van der Waals surface area (Å²) >= 11 is 20.0. The fourth-order valence-corrected chi connectivity index (χ4v) is 12.8. The third-order valence-corrected chi connectivity index (χ3v) is 18.7. The first-order chi connectivity index (χ1) is 48.1. The van der Waals surface area contributed by atoms with Crippen LogP contribution in [0, 0.1) is 31.6 Å². The number of nitriles is 1. The zero-order valence-electron chi connectivity index (χ0n) is 52.2. The summed E-state index contributed by atoms with van der Waals surface area (Å²) in [6.45, 7) is 3.14. The van der Waals surface area contributed by atoms with Crippen LogP contribution in [-0.4, -0.2) is 99.7 Å². The van der Waals surface area contributed by atoms with Crippen LogP contribution in [0.3, 0.4) is 0 Å². The number of nitrogens with zero attached hydrogens (tertiary/aromatic N) is 14. The van der Waals surface area contributed by atoms with Crippen LogP contribution in [-0.2, 0) is 27.0 Å². The van der Waals surface area contributed by atoms with E-state index in [1.54, 1.807) is 19.1 Å². The van der Waals surface area contributed by atoms with Crippen LogP contribution in [0.5, 0.6) is 0 Å². The molecule has 0 aliphatic carbocycles. The van der Waals surface area contributed by atoms with E-state index in [2.05, 4.69) is 106 Å². The van der Waals surface area contributed by atoms with E-state index in [9.17, 15) is 44.2 Å². The number of halogens is 2. The summed E-state index contributed by atoms with van der Waals surface area (Å²) in [5.74, 6) is -0.977. The zero-order chi connectivity index (χ0) is 71.8. The van der Waals surface area contributed by atoms with Crippen LogP contribution < -0.4 is 89.9 Å². The predicted molar refractivity (Wildman–Crippen MR) is 396 cm³/mol. The summed E-state index contributed by atoms with van der Waals surface area (Å²) in [6.07, 6.45) is 4.12. The molecule has 0 radical (unpaired) electrons. The molecule has 40 heteroatoms. The number of nitrogen functional groups attached to an aromatic ring is 3. The maximum atomic E-state index is 12.6. The average molecular weight is 1600 g/mol. The first-order valence-electron chi connectivity index (χ1n) is 28.1. The number of carbonyl (C=O) groups excluding carboxylic acids is 5. The van der Waals surface area contributed by atoms with Gasteiger partial charge in [0.25, 0.3) is 23.2 Å². The van der Waals surface area contributed by atoms with Crippen molar-refractivity contribution in [2.45, 2.75) is 20.3 Å². The molecule has 30 nitrogen and oxygen atoms in total. The molecule has 0 bridgehead atoms. The number of pyridine rings is 3. The molecular weight excluding hydrogens is 1550 g/mol. The summed E-state index contributed by atoms with van der Waals surface area (Å²) in [4.78, 5) is 89.9. The Labute approximate surface area is 656 Å². The Balaban J connectivity index is 0.000000179. The van der Waals surface area contributed by atoms with Gasteiger partial charge in [0.15, 0.2) is 0 Å². The average Bonchev–Trinajstić information content (AvgIpc) is 1.65. The molecule has 0 aliphatic rings. The van der Waals surface area contributed by atoms with Gasteiger partial charge in [-0.15, -0.1) is 63.5 Å². The molecule has 9 aromatic heterocycles. The third-order valence-electron chi connectivity index (χ3n) is 12.1. The molecule has 4 aromatic carbocycles. The van der Waals surface area contributed by atoms with Crippen molar-refractivity contribution in [3.8, 4) is 48.4 Å².